The molecule has 3 heterocycles. The molecule has 0 atom stereocenters. The lowest BCUT2D eigenvalue weighted by Crippen LogP contribution is -2.35. The van der Waals surface area contributed by atoms with Crippen LogP contribution in [0.2, 0.25) is 0 Å². The molecule has 0 unspecified atom stereocenters. The van der Waals surface area contributed by atoms with Crippen LogP contribution in [0.4, 0.5) is 5.69 Å². The fourth-order valence-corrected chi connectivity index (χ4v) is 3.61. The van der Waals surface area contributed by atoms with E-state index in [4.69, 9.17) is 4.74 Å². The molecule has 3 N–H and O–H groups in total. The van der Waals surface area contributed by atoms with Crippen molar-refractivity contribution in [3.63, 3.8) is 0 Å². The van der Waals surface area contributed by atoms with E-state index in [1.807, 2.05) is 6.92 Å². The van der Waals surface area contributed by atoms with Gasteiger partial charge in [-0.3, -0.25) is 4.79 Å². The van der Waals surface area contributed by atoms with Crippen LogP contribution in [-0.4, -0.2) is 67.7 Å². The number of carbonyl (C=O) groups excluding carboxylic acids is 1. The summed E-state index contributed by atoms with van der Waals surface area (Å²) >= 11 is 0. The first-order chi connectivity index (χ1) is 13.4. The van der Waals surface area contributed by atoms with E-state index in [0.717, 1.165) is 24.5 Å². The number of aromatic nitrogens is 3. The molecule has 1 amide bonds. The second-order valence-corrected chi connectivity index (χ2v) is 8.53. The van der Waals surface area contributed by atoms with E-state index in [1.54, 1.807) is 10.9 Å². The lowest BCUT2D eigenvalue weighted by Gasteiger charge is -2.25. The fourth-order valence-electron chi connectivity index (χ4n) is 3.14. The van der Waals surface area contributed by atoms with Gasteiger partial charge in [0.15, 0.2) is 5.65 Å². The maximum atomic E-state index is 12.7. The van der Waals surface area contributed by atoms with E-state index in [0.29, 0.717) is 36.7 Å². The first kappa shape index (κ1) is 20.5. The molecule has 2 aromatic heterocycles. The van der Waals surface area contributed by atoms with Gasteiger partial charge in [0.2, 0.25) is 10.0 Å². The van der Waals surface area contributed by atoms with Crippen LogP contribution in [0.15, 0.2) is 12.4 Å². The second kappa shape index (κ2) is 8.84. The summed E-state index contributed by atoms with van der Waals surface area (Å²) in [6.07, 6.45) is 6.04. The van der Waals surface area contributed by atoms with E-state index in [9.17, 15) is 13.2 Å². The number of carbonyl (C=O) groups is 1. The quantitative estimate of drug-likeness (QED) is 0.535. The molecule has 11 heteroatoms. The summed E-state index contributed by atoms with van der Waals surface area (Å²) in [4.78, 5) is 17.1. The molecule has 10 nitrogen and oxygen atoms in total. The predicted molar refractivity (Wildman–Crippen MR) is 106 cm³/mol. The average molecular weight is 411 g/mol. The Bertz CT molecular complexity index is 937. The zero-order valence-corrected chi connectivity index (χ0v) is 16.9. The van der Waals surface area contributed by atoms with Crippen LogP contribution in [0.3, 0.4) is 0 Å². The van der Waals surface area contributed by atoms with Gasteiger partial charge in [0.1, 0.15) is 0 Å². The van der Waals surface area contributed by atoms with Gasteiger partial charge in [-0.1, -0.05) is 0 Å². The third kappa shape index (κ3) is 4.97. The molecular formula is C17H26N6O4S. The number of pyridine rings is 1. The summed E-state index contributed by atoms with van der Waals surface area (Å²) in [6, 6.07) is 0.197. The molecule has 1 aliphatic rings. The van der Waals surface area contributed by atoms with Gasteiger partial charge in [-0.2, -0.15) is 5.10 Å². The number of anilines is 1. The Hall–Kier alpha value is -2.24. The highest BCUT2D eigenvalue weighted by Crippen LogP contribution is 2.28. The minimum Gasteiger partial charge on any atom is -0.381 e. The molecule has 2 aromatic rings. The molecule has 0 bridgehead atoms. The van der Waals surface area contributed by atoms with Crippen molar-refractivity contribution in [2.75, 3.05) is 37.9 Å². The normalized spacial score (nSPS) is 15.6. The number of amides is 1. The Kier molecular flexibility index (Phi) is 6.47. The minimum absolute atomic E-state index is 0.122. The van der Waals surface area contributed by atoms with Gasteiger partial charge in [-0.15, -0.1) is 0 Å². The van der Waals surface area contributed by atoms with Crippen LogP contribution in [0, 0.1) is 0 Å². The summed E-state index contributed by atoms with van der Waals surface area (Å²) in [5, 5.41) is 11.4. The number of hydrogen-bond acceptors (Lipinski definition) is 7. The summed E-state index contributed by atoms with van der Waals surface area (Å²) < 4.78 is 31.8. The fraction of sp³-hybridized carbons (Fsp3) is 0.588. The predicted octanol–water partition coefficient (Wildman–Crippen LogP) is 0.321. The van der Waals surface area contributed by atoms with Crippen molar-refractivity contribution in [2.24, 2.45) is 0 Å². The van der Waals surface area contributed by atoms with E-state index >= 15 is 0 Å². The van der Waals surface area contributed by atoms with Crippen molar-refractivity contribution in [1.82, 2.24) is 24.8 Å². The molecule has 154 valence electrons. The zero-order chi connectivity index (χ0) is 20.1. The molecule has 3 rings (SSSR count). The molecule has 28 heavy (non-hydrogen) atoms. The Morgan fingerprint density at radius 1 is 1.29 bits per heavy atom. The summed E-state index contributed by atoms with van der Waals surface area (Å²) in [7, 11) is -3.29. The molecular weight excluding hydrogens is 384 g/mol. The summed E-state index contributed by atoms with van der Waals surface area (Å²) in [6.45, 7) is 4.31. The third-order valence-electron chi connectivity index (χ3n) is 4.55. The highest BCUT2D eigenvalue weighted by molar-refractivity contribution is 7.88. The standard InChI is InChI=1S/C17H26N6O4S/c1-3-23-16-13(11-20-23)15(22-12-4-8-27-9-5-12)14(10-19-16)17(24)18-6-7-21-28(2,25)26/h10-12,21H,3-9H2,1-2H3,(H,18,24)(H,19,22). The van der Waals surface area contributed by atoms with E-state index in [1.165, 1.54) is 6.20 Å². The van der Waals surface area contributed by atoms with Gasteiger partial charge >= 0.3 is 0 Å². The SMILES string of the molecule is CCn1ncc2c(NC3CCOCC3)c(C(=O)NCCNS(C)(=O)=O)cnc21. The minimum atomic E-state index is -3.29. The Morgan fingerprint density at radius 3 is 2.71 bits per heavy atom. The van der Waals surface area contributed by atoms with E-state index < -0.39 is 10.0 Å². The van der Waals surface area contributed by atoms with Gasteiger partial charge in [-0.25, -0.2) is 22.8 Å². The van der Waals surface area contributed by atoms with Crippen molar-refractivity contribution in [3.05, 3.63) is 18.0 Å². The van der Waals surface area contributed by atoms with Gasteiger partial charge in [0.25, 0.3) is 5.91 Å². The van der Waals surface area contributed by atoms with Crippen LogP contribution in [-0.2, 0) is 21.3 Å². The lowest BCUT2D eigenvalue weighted by molar-refractivity contribution is 0.0904. The molecule has 1 fully saturated rings. The highest BCUT2D eigenvalue weighted by Gasteiger charge is 2.22. The van der Waals surface area contributed by atoms with Gasteiger partial charge in [0.05, 0.1) is 29.1 Å². The topological polar surface area (TPSA) is 127 Å². The lowest BCUT2D eigenvalue weighted by atomic mass is 10.1. The van der Waals surface area contributed by atoms with Crippen LogP contribution >= 0.6 is 0 Å². The van der Waals surface area contributed by atoms with Gasteiger partial charge < -0.3 is 15.4 Å². The number of ether oxygens (including phenoxy) is 1. The summed E-state index contributed by atoms with van der Waals surface area (Å²) in [5.74, 6) is -0.316. The van der Waals surface area contributed by atoms with Crippen molar-refractivity contribution >= 4 is 32.7 Å². The van der Waals surface area contributed by atoms with Crippen molar-refractivity contribution in [3.8, 4) is 0 Å². The molecule has 0 aliphatic carbocycles. The zero-order valence-electron chi connectivity index (χ0n) is 16.1. The van der Waals surface area contributed by atoms with E-state index in [-0.39, 0.29) is 25.0 Å². The van der Waals surface area contributed by atoms with Crippen molar-refractivity contribution in [1.29, 1.82) is 0 Å². The monoisotopic (exact) mass is 410 g/mol. The second-order valence-electron chi connectivity index (χ2n) is 6.70. The van der Waals surface area contributed by atoms with Crippen LogP contribution in [0.25, 0.3) is 11.0 Å². The number of rotatable bonds is 8. The molecule has 0 saturated carbocycles. The maximum absolute atomic E-state index is 12.7. The molecule has 0 radical (unpaired) electrons. The number of nitrogens with zero attached hydrogens (tertiary/aromatic N) is 3. The van der Waals surface area contributed by atoms with Crippen LogP contribution in [0.1, 0.15) is 30.1 Å². The number of nitrogens with one attached hydrogen (secondary N) is 3. The first-order valence-electron chi connectivity index (χ1n) is 9.30. The van der Waals surface area contributed by atoms with Crippen molar-refractivity contribution < 1.29 is 17.9 Å². The van der Waals surface area contributed by atoms with Crippen LogP contribution < -0.4 is 15.4 Å². The highest BCUT2D eigenvalue weighted by atomic mass is 32.2. The maximum Gasteiger partial charge on any atom is 0.255 e. The molecule has 1 aliphatic heterocycles. The number of fused-ring (bicyclic) bond motifs is 1. The van der Waals surface area contributed by atoms with Gasteiger partial charge in [-0.05, 0) is 19.8 Å². The number of sulfonamides is 1. The molecule has 0 spiro atoms. The summed E-state index contributed by atoms with van der Waals surface area (Å²) in [5.41, 5.74) is 1.83. The average Bonchev–Trinajstić information content (AvgIpc) is 3.09. The Balaban J connectivity index is 1.83. The molecule has 1 saturated heterocycles. The largest absolute Gasteiger partial charge is 0.381 e. The van der Waals surface area contributed by atoms with E-state index in [2.05, 4.69) is 25.4 Å². The van der Waals surface area contributed by atoms with Gasteiger partial charge in [0, 0.05) is 45.1 Å². The number of aryl methyl sites for hydroxylation is 1. The third-order valence-corrected chi connectivity index (χ3v) is 5.28. The van der Waals surface area contributed by atoms with Crippen LogP contribution in [0.5, 0.6) is 0 Å². The molecule has 0 aromatic carbocycles. The Morgan fingerprint density at radius 2 is 2.04 bits per heavy atom. The van der Waals surface area contributed by atoms with Crippen molar-refractivity contribution in [2.45, 2.75) is 32.4 Å². The number of hydrogen-bond donors (Lipinski definition) is 3. The Labute approximate surface area is 164 Å². The smallest absolute Gasteiger partial charge is 0.255 e. The first-order valence-corrected chi connectivity index (χ1v) is 11.2.